The Hall–Kier alpha value is -2.35. The molecule has 2 aromatic carbocycles. The molecular formula is C17H15NO. The molecule has 0 spiro atoms. The summed E-state index contributed by atoms with van der Waals surface area (Å²) in [5.41, 5.74) is 5.06. The van der Waals surface area contributed by atoms with Crippen LogP contribution in [0.15, 0.2) is 48.5 Å². The van der Waals surface area contributed by atoms with Gasteiger partial charge in [0.05, 0.1) is 5.69 Å². The van der Waals surface area contributed by atoms with Crippen LogP contribution in [0.1, 0.15) is 11.1 Å². The molecule has 2 nitrogen and oxygen atoms in total. The van der Waals surface area contributed by atoms with Crippen LogP contribution in [0.5, 0.6) is 5.75 Å². The Kier molecular flexibility index (Phi) is 2.71. The average molecular weight is 249 g/mol. The van der Waals surface area contributed by atoms with Crippen molar-refractivity contribution in [1.82, 2.24) is 4.98 Å². The van der Waals surface area contributed by atoms with Crippen LogP contribution in [-0.4, -0.2) is 10.1 Å². The van der Waals surface area contributed by atoms with Crippen LogP contribution < -0.4 is 0 Å². The quantitative estimate of drug-likeness (QED) is 0.700. The van der Waals surface area contributed by atoms with Gasteiger partial charge in [-0.15, -0.1) is 0 Å². The normalized spacial score (nSPS) is 10.8. The van der Waals surface area contributed by atoms with E-state index in [0.29, 0.717) is 5.52 Å². The van der Waals surface area contributed by atoms with Crippen LogP contribution in [0.4, 0.5) is 0 Å². The SMILES string of the molecule is Cc1ccc(C)c(-c2ccc3cccc(O)c3n2)c1. The summed E-state index contributed by atoms with van der Waals surface area (Å²) in [6, 6.07) is 15.8. The summed E-state index contributed by atoms with van der Waals surface area (Å²) in [5, 5.41) is 10.9. The minimum absolute atomic E-state index is 0.227. The van der Waals surface area contributed by atoms with Crippen molar-refractivity contribution >= 4 is 10.9 Å². The van der Waals surface area contributed by atoms with Gasteiger partial charge in [0, 0.05) is 10.9 Å². The van der Waals surface area contributed by atoms with E-state index in [1.807, 2.05) is 24.3 Å². The van der Waals surface area contributed by atoms with Crippen LogP contribution in [0.25, 0.3) is 22.2 Å². The summed E-state index contributed by atoms with van der Waals surface area (Å²) in [7, 11) is 0. The summed E-state index contributed by atoms with van der Waals surface area (Å²) in [5.74, 6) is 0.227. The molecule has 0 saturated heterocycles. The van der Waals surface area contributed by atoms with Gasteiger partial charge in [-0.05, 0) is 37.6 Å². The highest BCUT2D eigenvalue weighted by Gasteiger charge is 2.07. The van der Waals surface area contributed by atoms with Crippen molar-refractivity contribution < 1.29 is 5.11 Å². The van der Waals surface area contributed by atoms with E-state index < -0.39 is 0 Å². The van der Waals surface area contributed by atoms with E-state index in [2.05, 4.69) is 37.0 Å². The molecular weight excluding hydrogens is 234 g/mol. The van der Waals surface area contributed by atoms with Crippen LogP contribution in [-0.2, 0) is 0 Å². The van der Waals surface area contributed by atoms with Gasteiger partial charge in [-0.1, -0.05) is 35.9 Å². The van der Waals surface area contributed by atoms with Gasteiger partial charge in [0.2, 0.25) is 0 Å². The predicted octanol–water partition coefficient (Wildman–Crippen LogP) is 4.22. The van der Waals surface area contributed by atoms with Crippen molar-refractivity contribution in [1.29, 1.82) is 0 Å². The molecule has 3 aromatic rings. The highest BCUT2D eigenvalue weighted by atomic mass is 16.3. The Bertz CT molecular complexity index is 762. The number of phenols is 1. The minimum Gasteiger partial charge on any atom is -0.506 e. The molecule has 0 fully saturated rings. The van der Waals surface area contributed by atoms with Gasteiger partial charge in [0.25, 0.3) is 0 Å². The van der Waals surface area contributed by atoms with Crippen molar-refractivity contribution in [2.24, 2.45) is 0 Å². The van der Waals surface area contributed by atoms with Gasteiger partial charge in [-0.25, -0.2) is 4.98 Å². The lowest BCUT2D eigenvalue weighted by atomic mass is 10.0. The molecule has 0 aliphatic heterocycles. The van der Waals surface area contributed by atoms with Gasteiger partial charge >= 0.3 is 0 Å². The van der Waals surface area contributed by atoms with Gasteiger partial charge in [0.15, 0.2) is 0 Å². The van der Waals surface area contributed by atoms with Crippen LogP contribution >= 0.6 is 0 Å². The smallest absolute Gasteiger partial charge is 0.141 e. The van der Waals surface area contributed by atoms with Crippen molar-refractivity contribution in [3.05, 3.63) is 59.7 Å². The lowest BCUT2D eigenvalue weighted by Crippen LogP contribution is -1.89. The standard InChI is InChI=1S/C17H15NO/c1-11-6-7-12(2)14(10-11)15-9-8-13-4-3-5-16(19)17(13)18-15/h3-10,19H,1-2H3. The zero-order valence-electron chi connectivity index (χ0n) is 11.0. The summed E-state index contributed by atoms with van der Waals surface area (Å²) in [6.07, 6.45) is 0. The van der Waals surface area contributed by atoms with E-state index in [4.69, 9.17) is 0 Å². The fourth-order valence-corrected chi connectivity index (χ4v) is 2.29. The van der Waals surface area contributed by atoms with E-state index in [-0.39, 0.29) is 5.75 Å². The second-order valence-corrected chi connectivity index (χ2v) is 4.86. The lowest BCUT2D eigenvalue weighted by Gasteiger charge is -2.08. The maximum Gasteiger partial charge on any atom is 0.141 e. The Morgan fingerprint density at radius 2 is 1.79 bits per heavy atom. The number of aryl methyl sites for hydroxylation is 2. The first-order valence-electron chi connectivity index (χ1n) is 6.31. The van der Waals surface area contributed by atoms with Gasteiger partial charge in [-0.3, -0.25) is 0 Å². The summed E-state index contributed by atoms with van der Waals surface area (Å²) in [4.78, 5) is 4.60. The first-order valence-corrected chi connectivity index (χ1v) is 6.31. The Labute approximate surface area is 112 Å². The fraction of sp³-hybridized carbons (Fsp3) is 0.118. The molecule has 1 N–H and O–H groups in total. The number of fused-ring (bicyclic) bond motifs is 1. The third kappa shape index (κ3) is 2.06. The largest absolute Gasteiger partial charge is 0.506 e. The van der Waals surface area contributed by atoms with E-state index in [1.165, 1.54) is 11.1 Å². The molecule has 19 heavy (non-hydrogen) atoms. The second-order valence-electron chi connectivity index (χ2n) is 4.86. The van der Waals surface area contributed by atoms with Crippen LogP contribution in [0.3, 0.4) is 0 Å². The minimum atomic E-state index is 0.227. The number of rotatable bonds is 1. The zero-order valence-corrected chi connectivity index (χ0v) is 11.0. The Morgan fingerprint density at radius 1 is 0.947 bits per heavy atom. The number of benzene rings is 2. The van der Waals surface area contributed by atoms with Crippen molar-refractivity contribution in [3.8, 4) is 17.0 Å². The monoisotopic (exact) mass is 249 g/mol. The van der Waals surface area contributed by atoms with E-state index in [0.717, 1.165) is 16.6 Å². The van der Waals surface area contributed by atoms with E-state index in [1.54, 1.807) is 6.07 Å². The number of aromatic hydroxyl groups is 1. The molecule has 0 radical (unpaired) electrons. The maximum atomic E-state index is 9.90. The number of pyridine rings is 1. The van der Waals surface area contributed by atoms with Crippen molar-refractivity contribution in [2.75, 3.05) is 0 Å². The first-order chi connectivity index (χ1) is 9.15. The Morgan fingerprint density at radius 3 is 2.63 bits per heavy atom. The third-order valence-electron chi connectivity index (χ3n) is 3.37. The topological polar surface area (TPSA) is 33.1 Å². The number of nitrogens with zero attached hydrogens (tertiary/aromatic N) is 1. The van der Waals surface area contributed by atoms with Crippen molar-refractivity contribution in [3.63, 3.8) is 0 Å². The highest BCUT2D eigenvalue weighted by molar-refractivity contribution is 5.86. The van der Waals surface area contributed by atoms with E-state index in [9.17, 15) is 5.11 Å². The molecule has 0 unspecified atom stereocenters. The van der Waals surface area contributed by atoms with Crippen LogP contribution in [0, 0.1) is 13.8 Å². The number of phenolic OH excluding ortho intramolecular Hbond substituents is 1. The molecule has 1 aromatic heterocycles. The van der Waals surface area contributed by atoms with Gasteiger partial charge in [0.1, 0.15) is 11.3 Å². The summed E-state index contributed by atoms with van der Waals surface area (Å²) < 4.78 is 0. The molecule has 0 atom stereocenters. The molecule has 0 amide bonds. The van der Waals surface area contributed by atoms with Gasteiger partial charge in [-0.2, -0.15) is 0 Å². The molecule has 0 bridgehead atoms. The van der Waals surface area contributed by atoms with Gasteiger partial charge < -0.3 is 5.11 Å². The molecule has 0 saturated carbocycles. The van der Waals surface area contributed by atoms with E-state index >= 15 is 0 Å². The van der Waals surface area contributed by atoms with Crippen molar-refractivity contribution in [2.45, 2.75) is 13.8 Å². The highest BCUT2D eigenvalue weighted by Crippen LogP contribution is 2.28. The molecule has 94 valence electrons. The second kappa shape index (κ2) is 4.39. The molecule has 2 heteroatoms. The third-order valence-corrected chi connectivity index (χ3v) is 3.37. The predicted molar refractivity (Wildman–Crippen MR) is 78.3 cm³/mol. The summed E-state index contributed by atoms with van der Waals surface area (Å²) >= 11 is 0. The lowest BCUT2D eigenvalue weighted by molar-refractivity contribution is 0.480. The summed E-state index contributed by atoms with van der Waals surface area (Å²) in [6.45, 7) is 4.15. The number of hydrogen-bond donors (Lipinski definition) is 1. The molecule has 0 aliphatic rings. The molecule has 1 heterocycles. The molecule has 0 aliphatic carbocycles. The number of aromatic nitrogens is 1. The van der Waals surface area contributed by atoms with Crippen LogP contribution in [0.2, 0.25) is 0 Å². The fourth-order valence-electron chi connectivity index (χ4n) is 2.29. The molecule has 3 rings (SSSR count). The number of para-hydroxylation sites is 1. The maximum absolute atomic E-state index is 9.90. The zero-order chi connectivity index (χ0) is 13.4. The first kappa shape index (κ1) is 11.7. The Balaban J connectivity index is 2.26. The average Bonchev–Trinajstić information content (AvgIpc) is 2.42. The number of hydrogen-bond acceptors (Lipinski definition) is 2.